The summed E-state index contributed by atoms with van der Waals surface area (Å²) in [5.41, 5.74) is 0. The van der Waals surface area contributed by atoms with Crippen LogP contribution in [0.2, 0.25) is 0 Å². The molecule has 0 fully saturated rings. The fraction of sp³-hybridized carbons (Fsp3) is 0.870. The number of rotatable bonds is 48. The predicted octanol–water partition coefficient (Wildman–Crippen LogP) is 17.2. The summed E-state index contributed by atoms with van der Waals surface area (Å²) in [5.74, 6) is -0.881. The lowest BCUT2D eigenvalue weighted by Gasteiger charge is -2.18. The van der Waals surface area contributed by atoms with Crippen molar-refractivity contribution in [3.8, 4) is 0 Å². The molecule has 60 heavy (non-hydrogen) atoms. The van der Waals surface area contributed by atoms with E-state index in [0.29, 0.717) is 19.3 Å². The SMILES string of the molecule is CCCC/C=C\C/C=C\CCCCCCCC(=O)OC(COC(=O)CCCCCCCCC)COC(=O)CCCCCCCCCCCCCCCCCCCCCCC. The molecule has 0 heterocycles. The summed E-state index contributed by atoms with van der Waals surface area (Å²) < 4.78 is 16.7. The molecule has 6 heteroatoms. The van der Waals surface area contributed by atoms with Crippen LogP contribution in [-0.2, 0) is 28.6 Å². The van der Waals surface area contributed by atoms with Gasteiger partial charge in [0, 0.05) is 19.3 Å². The molecule has 352 valence electrons. The summed E-state index contributed by atoms with van der Waals surface area (Å²) in [6.45, 7) is 6.57. The van der Waals surface area contributed by atoms with Crippen LogP contribution in [0.15, 0.2) is 24.3 Å². The van der Waals surface area contributed by atoms with Gasteiger partial charge in [0.15, 0.2) is 6.10 Å². The molecule has 0 aromatic heterocycles. The fourth-order valence-corrected chi connectivity index (χ4v) is 7.70. The first-order chi connectivity index (χ1) is 29.5. The summed E-state index contributed by atoms with van der Waals surface area (Å²) in [4.78, 5) is 37.8. The van der Waals surface area contributed by atoms with E-state index in [1.807, 2.05) is 0 Å². The topological polar surface area (TPSA) is 78.9 Å². The maximum absolute atomic E-state index is 12.7. The van der Waals surface area contributed by atoms with Crippen molar-refractivity contribution >= 4 is 17.9 Å². The van der Waals surface area contributed by atoms with E-state index in [9.17, 15) is 14.4 Å². The molecule has 0 bridgehead atoms. The normalized spacial score (nSPS) is 12.1. The number of unbranched alkanes of at least 4 members (excludes halogenated alkanes) is 33. The fourth-order valence-electron chi connectivity index (χ4n) is 7.70. The largest absolute Gasteiger partial charge is 0.462 e. The first-order valence-corrected chi connectivity index (χ1v) is 26.3. The average Bonchev–Trinajstić information content (AvgIpc) is 3.24. The number of ether oxygens (including phenoxy) is 3. The minimum atomic E-state index is -0.771. The summed E-state index contributed by atoms with van der Waals surface area (Å²) >= 11 is 0. The van der Waals surface area contributed by atoms with Gasteiger partial charge in [0.25, 0.3) is 0 Å². The van der Waals surface area contributed by atoms with Crippen LogP contribution in [-0.4, -0.2) is 37.2 Å². The Morgan fingerprint density at radius 2 is 0.617 bits per heavy atom. The molecule has 0 saturated carbocycles. The van der Waals surface area contributed by atoms with Gasteiger partial charge in [-0.3, -0.25) is 14.4 Å². The zero-order chi connectivity index (χ0) is 43.7. The Hall–Kier alpha value is -2.11. The van der Waals surface area contributed by atoms with Crippen molar-refractivity contribution in [3.63, 3.8) is 0 Å². The number of esters is 3. The van der Waals surface area contributed by atoms with Gasteiger partial charge < -0.3 is 14.2 Å². The summed E-state index contributed by atoms with van der Waals surface area (Å²) in [6.07, 6.45) is 56.1. The molecular formula is C54H100O6. The third kappa shape index (κ3) is 46.9. The predicted molar refractivity (Wildman–Crippen MR) is 256 cm³/mol. The Morgan fingerprint density at radius 3 is 0.967 bits per heavy atom. The molecule has 0 N–H and O–H groups in total. The van der Waals surface area contributed by atoms with Gasteiger partial charge in [-0.05, 0) is 44.9 Å². The number of hydrogen-bond acceptors (Lipinski definition) is 6. The molecule has 0 aromatic carbocycles. The molecule has 0 aliphatic carbocycles. The Morgan fingerprint density at radius 1 is 0.333 bits per heavy atom. The lowest BCUT2D eigenvalue weighted by molar-refractivity contribution is -0.167. The van der Waals surface area contributed by atoms with Crippen LogP contribution in [0.25, 0.3) is 0 Å². The molecule has 0 spiro atoms. The maximum atomic E-state index is 12.7. The number of hydrogen-bond donors (Lipinski definition) is 0. The van der Waals surface area contributed by atoms with E-state index < -0.39 is 6.10 Å². The lowest BCUT2D eigenvalue weighted by atomic mass is 10.0. The Balaban J connectivity index is 4.16. The van der Waals surface area contributed by atoms with Gasteiger partial charge in [-0.25, -0.2) is 0 Å². The summed E-state index contributed by atoms with van der Waals surface area (Å²) in [6, 6.07) is 0. The molecule has 0 radical (unpaired) electrons. The van der Waals surface area contributed by atoms with Gasteiger partial charge in [-0.2, -0.15) is 0 Å². The zero-order valence-electron chi connectivity index (χ0n) is 40.2. The van der Waals surface area contributed by atoms with Crippen LogP contribution in [0.4, 0.5) is 0 Å². The first-order valence-electron chi connectivity index (χ1n) is 26.3. The highest BCUT2D eigenvalue weighted by Crippen LogP contribution is 2.16. The highest BCUT2D eigenvalue weighted by atomic mass is 16.6. The second-order valence-corrected chi connectivity index (χ2v) is 17.8. The van der Waals surface area contributed by atoms with Crippen LogP contribution >= 0.6 is 0 Å². The highest BCUT2D eigenvalue weighted by molar-refractivity contribution is 5.71. The molecule has 0 aliphatic heterocycles. The minimum absolute atomic E-state index is 0.0728. The van der Waals surface area contributed by atoms with Crippen LogP contribution in [0, 0.1) is 0 Å². The molecule has 0 aliphatic rings. The number of carbonyl (C=O) groups excluding carboxylic acids is 3. The van der Waals surface area contributed by atoms with E-state index in [1.165, 1.54) is 161 Å². The number of carbonyl (C=O) groups is 3. The molecule has 0 amide bonds. The average molecular weight is 845 g/mol. The van der Waals surface area contributed by atoms with Crippen molar-refractivity contribution in [2.75, 3.05) is 13.2 Å². The molecule has 1 unspecified atom stereocenters. The third-order valence-corrected chi connectivity index (χ3v) is 11.7. The maximum Gasteiger partial charge on any atom is 0.306 e. The van der Waals surface area contributed by atoms with Crippen LogP contribution in [0.1, 0.15) is 284 Å². The quantitative estimate of drug-likeness (QED) is 0.0263. The second-order valence-electron chi connectivity index (χ2n) is 17.8. The third-order valence-electron chi connectivity index (χ3n) is 11.7. The Kier molecular flexibility index (Phi) is 47.8. The van der Waals surface area contributed by atoms with Crippen LogP contribution < -0.4 is 0 Å². The zero-order valence-corrected chi connectivity index (χ0v) is 40.2. The molecular weight excluding hydrogens is 745 g/mol. The van der Waals surface area contributed by atoms with Crippen LogP contribution in [0.5, 0.6) is 0 Å². The number of allylic oxidation sites excluding steroid dienone is 4. The smallest absolute Gasteiger partial charge is 0.306 e. The van der Waals surface area contributed by atoms with Gasteiger partial charge in [0.05, 0.1) is 0 Å². The first kappa shape index (κ1) is 57.9. The monoisotopic (exact) mass is 845 g/mol. The lowest BCUT2D eigenvalue weighted by Crippen LogP contribution is -2.30. The van der Waals surface area contributed by atoms with E-state index >= 15 is 0 Å². The molecule has 1 atom stereocenters. The highest BCUT2D eigenvalue weighted by Gasteiger charge is 2.19. The van der Waals surface area contributed by atoms with Crippen molar-refractivity contribution in [3.05, 3.63) is 24.3 Å². The standard InChI is InChI=1S/C54H100O6/c1-4-7-10-13-16-18-20-22-24-25-26-27-28-29-30-32-33-35-38-41-44-47-53(56)59-50-51(49-58-52(55)46-43-40-37-15-12-9-6-3)60-54(57)48-45-42-39-36-34-31-23-21-19-17-14-11-8-5-2/h14,17,21,23,51H,4-13,15-16,18-20,22,24-50H2,1-3H3/b17-14-,23-21-. The van der Waals surface area contributed by atoms with Gasteiger partial charge in [0.2, 0.25) is 0 Å². The van der Waals surface area contributed by atoms with Crippen molar-refractivity contribution in [1.82, 2.24) is 0 Å². The van der Waals surface area contributed by atoms with Crippen molar-refractivity contribution < 1.29 is 28.6 Å². The Bertz CT molecular complexity index is 973. The van der Waals surface area contributed by atoms with Crippen molar-refractivity contribution in [1.29, 1.82) is 0 Å². The van der Waals surface area contributed by atoms with Crippen molar-refractivity contribution in [2.24, 2.45) is 0 Å². The molecule has 6 nitrogen and oxygen atoms in total. The molecule has 0 rings (SSSR count). The van der Waals surface area contributed by atoms with Gasteiger partial charge >= 0.3 is 17.9 Å². The van der Waals surface area contributed by atoms with E-state index in [4.69, 9.17) is 14.2 Å². The van der Waals surface area contributed by atoms with E-state index in [2.05, 4.69) is 45.1 Å². The van der Waals surface area contributed by atoms with Crippen molar-refractivity contribution in [2.45, 2.75) is 290 Å². The van der Waals surface area contributed by atoms with E-state index in [0.717, 1.165) is 83.5 Å². The molecule has 0 aromatic rings. The summed E-state index contributed by atoms with van der Waals surface area (Å²) in [5, 5.41) is 0. The summed E-state index contributed by atoms with van der Waals surface area (Å²) in [7, 11) is 0. The second kappa shape index (κ2) is 49.5. The van der Waals surface area contributed by atoms with Gasteiger partial charge in [-0.1, -0.05) is 244 Å². The minimum Gasteiger partial charge on any atom is -0.462 e. The van der Waals surface area contributed by atoms with Gasteiger partial charge in [-0.15, -0.1) is 0 Å². The van der Waals surface area contributed by atoms with Gasteiger partial charge in [0.1, 0.15) is 13.2 Å². The van der Waals surface area contributed by atoms with E-state index in [-0.39, 0.29) is 31.1 Å². The molecule has 0 saturated heterocycles. The Labute approximate surface area is 373 Å². The van der Waals surface area contributed by atoms with E-state index in [1.54, 1.807) is 0 Å². The van der Waals surface area contributed by atoms with Crippen LogP contribution in [0.3, 0.4) is 0 Å².